The van der Waals surface area contributed by atoms with Gasteiger partial charge in [0.25, 0.3) is 5.91 Å². The summed E-state index contributed by atoms with van der Waals surface area (Å²) in [5, 5.41) is 7.24. The summed E-state index contributed by atoms with van der Waals surface area (Å²) in [7, 11) is 3.20. The van der Waals surface area contributed by atoms with Crippen LogP contribution < -0.4 is 10.1 Å². The lowest BCUT2D eigenvalue weighted by molar-refractivity contribution is -0.173. The van der Waals surface area contributed by atoms with Crippen LogP contribution in [0.3, 0.4) is 0 Å². The lowest BCUT2D eigenvalue weighted by atomic mass is 9.81. The zero-order valence-electron chi connectivity index (χ0n) is 20.2. The fourth-order valence-electron chi connectivity index (χ4n) is 4.60. The number of hydrogen-bond donors (Lipinski definition) is 1. The molecule has 2 aromatic rings. The van der Waals surface area contributed by atoms with Gasteiger partial charge in [0.05, 0.1) is 13.2 Å². The van der Waals surface area contributed by atoms with E-state index in [0.29, 0.717) is 11.3 Å². The van der Waals surface area contributed by atoms with Gasteiger partial charge in [-0.1, -0.05) is 32.9 Å². The van der Waals surface area contributed by atoms with Crippen molar-refractivity contribution >= 4 is 11.7 Å². The molecule has 1 N–H and O–H groups in total. The minimum atomic E-state index is -4.51. The van der Waals surface area contributed by atoms with E-state index >= 15 is 0 Å². The van der Waals surface area contributed by atoms with E-state index in [-0.39, 0.29) is 23.3 Å². The number of halogens is 3. The highest BCUT2D eigenvalue weighted by atomic mass is 19.4. The highest BCUT2D eigenvalue weighted by molar-refractivity contribution is 5.93. The SMILES string of the molecule is COc1ccc([C@H]2C[C@H](C(F)(F)F)n3nc(C(=O)N(C)C(C)(C)CC(C)(C)C)cc3N2)cc1. The summed E-state index contributed by atoms with van der Waals surface area (Å²) < 4.78 is 47.9. The molecule has 1 aliphatic rings. The second-order valence-corrected chi connectivity index (χ2v) is 10.5. The zero-order chi connectivity index (χ0) is 24.8. The highest BCUT2D eigenvalue weighted by Crippen LogP contribution is 2.44. The number of ether oxygens (including phenoxy) is 1. The number of fused-ring (bicyclic) bond motifs is 1. The topological polar surface area (TPSA) is 59.4 Å². The molecule has 182 valence electrons. The molecule has 1 amide bonds. The fourth-order valence-corrected chi connectivity index (χ4v) is 4.60. The first-order valence-electron chi connectivity index (χ1n) is 11.0. The molecule has 3 rings (SSSR count). The Bertz CT molecular complexity index is 991. The summed E-state index contributed by atoms with van der Waals surface area (Å²) in [6.45, 7) is 10.1. The molecule has 1 aromatic heterocycles. The van der Waals surface area contributed by atoms with Crippen molar-refractivity contribution in [2.75, 3.05) is 19.5 Å². The molecule has 0 bridgehead atoms. The third-order valence-electron chi connectivity index (χ3n) is 6.10. The Labute approximate surface area is 193 Å². The largest absolute Gasteiger partial charge is 0.497 e. The first kappa shape index (κ1) is 24.9. The number of amides is 1. The Hall–Kier alpha value is -2.71. The van der Waals surface area contributed by atoms with Crippen LogP contribution in [0.15, 0.2) is 30.3 Å². The van der Waals surface area contributed by atoms with E-state index in [2.05, 4.69) is 31.2 Å². The molecule has 1 aromatic carbocycles. The average Bonchev–Trinajstić information content (AvgIpc) is 3.13. The summed E-state index contributed by atoms with van der Waals surface area (Å²) in [5.74, 6) is 0.394. The van der Waals surface area contributed by atoms with Gasteiger partial charge in [-0.3, -0.25) is 4.79 Å². The molecule has 0 unspecified atom stereocenters. The second-order valence-electron chi connectivity index (χ2n) is 10.5. The number of alkyl halides is 3. The predicted molar refractivity (Wildman–Crippen MR) is 122 cm³/mol. The summed E-state index contributed by atoms with van der Waals surface area (Å²) in [5.41, 5.74) is 0.169. The lowest BCUT2D eigenvalue weighted by Crippen LogP contribution is -2.47. The van der Waals surface area contributed by atoms with Crippen LogP contribution in [0.4, 0.5) is 19.0 Å². The Morgan fingerprint density at radius 2 is 1.79 bits per heavy atom. The monoisotopic (exact) mass is 466 g/mol. The van der Waals surface area contributed by atoms with E-state index in [0.717, 1.165) is 11.1 Å². The third kappa shape index (κ3) is 5.45. The Kier molecular flexibility index (Phi) is 6.47. The van der Waals surface area contributed by atoms with Crippen molar-refractivity contribution in [3.8, 4) is 5.75 Å². The maximum Gasteiger partial charge on any atom is 0.410 e. The summed E-state index contributed by atoms with van der Waals surface area (Å²) in [6, 6.07) is 5.91. The van der Waals surface area contributed by atoms with Gasteiger partial charge in [-0.2, -0.15) is 18.3 Å². The van der Waals surface area contributed by atoms with Crippen LogP contribution in [0, 0.1) is 5.41 Å². The smallest absolute Gasteiger partial charge is 0.410 e. The van der Waals surface area contributed by atoms with Crippen LogP contribution in [0.5, 0.6) is 5.75 Å². The number of carbonyl (C=O) groups excluding carboxylic acids is 1. The standard InChI is InChI=1S/C24H33F3N4O2/c1-22(2,3)14-23(4,5)30(6)21(32)18-13-20-28-17(15-8-10-16(33-7)11-9-15)12-19(24(25,26)27)31(20)29-18/h8-11,13,17,19,28H,12,14H2,1-7H3/t17-,19-/m1/s1. The van der Waals surface area contributed by atoms with Crippen molar-refractivity contribution in [3.05, 3.63) is 41.6 Å². The zero-order valence-corrected chi connectivity index (χ0v) is 20.2. The van der Waals surface area contributed by atoms with Crippen molar-refractivity contribution in [2.24, 2.45) is 5.41 Å². The summed E-state index contributed by atoms with van der Waals surface area (Å²) >= 11 is 0. The van der Waals surface area contributed by atoms with E-state index < -0.39 is 29.7 Å². The Morgan fingerprint density at radius 3 is 2.30 bits per heavy atom. The van der Waals surface area contributed by atoms with Crippen molar-refractivity contribution < 1.29 is 22.7 Å². The van der Waals surface area contributed by atoms with Gasteiger partial charge in [-0.25, -0.2) is 4.68 Å². The van der Waals surface area contributed by atoms with Gasteiger partial charge >= 0.3 is 6.18 Å². The van der Waals surface area contributed by atoms with E-state index in [1.165, 1.54) is 13.2 Å². The molecule has 9 heteroatoms. The van der Waals surface area contributed by atoms with E-state index in [4.69, 9.17) is 4.74 Å². The molecule has 0 spiro atoms. The van der Waals surface area contributed by atoms with Gasteiger partial charge in [-0.05, 0) is 43.4 Å². The number of nitrogens with one attached hydrogen (secondary N) is 1. The van der Waals surface area contributed by atoms with E-state index in [9.17, 15) is 18.0 Å². The molecule has 0 aliphatic carbocycles. The number of methoxy groups -OCH3 is 1. The Morgan fingerprint density at radius 1 is 1.18 bits per heavy atom. The van der Waals surface area contributed by atoms with Crippen molar-refractivity contribution in [1.29, 1.82) is 0 Å². The van der Waals surface area contributed by atoms with Crippen LogP contribution in [0.2, 0.25) is 0 Å². The summed E-state index contributed by atoms with van der Waals surface area (Å²) in [6.07, 6.45) is -4.02. The number of nitrogens with zero attached hydrogens (tertiary/aromatic N) is 3. The first-order valence-corrected chi connectivity index (χ1v) is 11.0. The van der Waals surface area contributed by atoms with Crippen molar-refractivity contribution in [3.63, 3.8) is 0 Å². The van der Waals surface area contributed by atoms with Gasteiger partial charge in [0.2, 0.25) is 0 Å². The van der Waals surface area contributed by atoms with Gasteiger partial charge in [0.15, 0.2) is 11.7 Å². The number of hydrogen-bond acceptors (Lipinski definition) is 4. The molecular formula is C24H33F3N4O2. The first-order chi connectivity index (χ1) is 15.1. The van der Waals surface area contributed by atoms with Gasteiger partial charge < -0.3 is 15.0 Å². The quantitative estimate of drug-likeness (QED) is 0.602. The minimum Gasteiger partial charge on any atom is -0.497 e. The van der Waals surface area contributed by atoms with Crippen LogP contribution in [-0.4, -0.2) is 46.5 Å². The molecule has 0 saturated heterocycles. The molecular weight excluding hydrogens is 433 g/mol. The van der Waals surface area contributed by atoms with Crippen LogP contribution in [0.1, 0.15) is 75.6 Å². The van der Waals surface area contributed by atoms with E-state index in [1.54, 1.807) is 36.2 Å². The number of aromatic nitrogens is 2. The average molecular weight is 467 g/mol. The van der Waals surface area contributed by atoms with Crippen LogP contribution in [0.25, 0.3) is 0 Å². The maximum atomic E-state index is 14.0. The number of carbonyl (C=O) groups is 1. The fraction of sp³-hybridized carbons (Fsp3) is 0.583. The minimum absolute atomic E-state index is 0.00776. The second kappa shape index (κ2) is 8.57. The molecule has 0 fully saturated rings. The third-order valence-corrected chi connectivity index (χ3v) is 6.10. The maximum absolute atomic E-state index is 14.0. The van der Waals surface area contributed by atoms with Crippen LogP contribution in [-0.2, 0) is 0 Å². The number of anilines is 1. The highest BCUT2D eigenvalue weighted by Gasteiger charge is 2.47. The molecule has 1 aliphatic heterocycles. The predicted octanol–water partition coefficient (Wildman–Crippen LogP) is 5.84. The van der Waals surface area contributed by atoms with Gasteiger partial charge in [-0.15, -0.1) is 0 Å². The van der Waals surface area contributed by atoms with Gasteiger partial charge in [0.1, 0.15) is 11.6 Å². The van der Waals surface area contributed by atoms with E-state index in [1.807, 2.05) is 13.8 Å². The molecule has 2 atom stereocenters. The number of benzene rings is 1. The molecule has 0 saturated carbocycles. The number of rotatable bonds is 5. The molecule has 2 heterocycles. The molecule has 33 heavy (non-hydrogen) atoms. The lowest BCUT2D eigenvalue weighted by Gasteiger charge is -2.39. The van der Waals surface area contributed by atoms with Crippen molar-refractivity contribution in [2.45, 2.75) is 71.3 Å². The molecule has 0 radical (unpaired) electrons. The summed E-state index contributed by atoms with van der Waals surface area (Å²) in [4.78, 5) is 14.8. The van der Waals surface area contributed by atoms with Crippen LogP contribution >= 0.6 is 0 Å². The molecule has 6 nitrogen and oxygen atoms in total. The Balaban J connectivity index is 1.93. The van der Waals surface area contributed by atoms with Gasteiger partial charge in [0, 0.05) is 25.1 Å². The van der Waals surface area contributed by atoms with Crippen molar-refractivity contribution in [1.82, 2.24) is 14.7 Å². The normalized spacial score (nSPS) is 19.0.